The zero-order valence-electron chi connectivity index (χ0n) is 11.2. The molecule has 1 aromatic rings. The molecule has 0 aromatic carbocycles. The minimum Gasteiger partial charge on any atom is -0.464 e. The Morgan fingerprint density at radius 1 is 1.47 bits per heavy atom. The highest BCUT2D eigenvalue weighted by atomic mass is 16.5. The number of aryl methyl sites for hydroxylation is 1. The molecule has 96 valence electrons. The molecule has 0 saturated heterocycles. The third-order valence-electron chi connectivity index (χ3n) is 3.19. The van der Waals surface area contributed by atoms with Crippen LogP contribution >= 0.6 is 0 Å². The van der Waals surface area contributed by atoms with Crippen molar-refractivity contribution in [1.82, 2.24) is 9.55 Å². The van der Waals surface area contributed by atoms with Crippen molar-refractivity contribution in [3.63, 3.8) is 0 Å². The van der Waals surface area contributed by atoms with Gasteiger partial charge in [-0.25, -0.2) is 9.78 Å². The van der Waals surface area contributed by atoms with Gasteiger partial charge in [-0.2, -0.15) is 0 Å². The third kappa shape index (κ3) is 2.78. The first kappa shape index (κ1) is 13.5. The summed E-state index contributed by atoms with van der Waals surface area (Å²) >= 11 is 0. The van der Waals surface area contributed by atoms with E-state index in [0.717, 1.165) is 12.4 Å². The van der Waals surface area contributed by atoms with Crippen molar-refractivity contribution in [3.05, 3.63) is 11.5 Å². The summed E-state index contributed by atoms with van der Waals surface area (Å²) in [5.74, 6) is 1.67. The quantitative estimate of drug-likeness (QED) is 0.814. The van der Waals surface area contributed by atoms with E-state index in [2.05, 4.69) is 30.5 Å². The van der Waals surface area contributed by atoms with E-state index in [0.29, 0.717) is 17.7 Å². The first-order valence-electron chi connectivity index (χ1n) is 5.79. The number of hydrogen-bond donors (Lipinski definition) is 1. The van der Waals surface area contributed by atoms with Crippen LogP contribution in [-0.2, 0) is 11.3 Å². The average molecular weight is 239 g/mol. The largest absolute Gasteiger partial charge is 0.464 e. The van der Waals surface area contributed by atoms with Crippen LogP contribution in [0.5, 0.6) is 0 Å². The van der Waals surface area contributed by atoms with Crippen LogP contribution in [-0.4, -0.2) is 22.6 Å². The van der Waals surface area contributed by atoms with Gasteiger partial charge in [0.25, 0.3) is 0 Å². The van der Waals surface area contributed by atoms with Crippen molar-refractivity contribution in [3.8, 4) is 0 Å². The summed E-state index contributed by atoms with van der Waals surface area (Å²) in [6.07, 6.45) is 0. The molecule has 0 saturated carbocycles. The maximum absolute atomic E-state index is 11.4. The Hall–Kier alpha value is -1.52. The predicted octanol–water partition coefficient (Wildman–Crippen LogP) is 1.85. The standard InChI is InChI=1S/C12H21N3O2/c1-7(2)8(3)6-15-9(4)14-10(11(15)13)12(16)17-5/h7-8H,6,13H2,1-5H3. The zero-order valence-corrected chi connectivity index (χ0v) is 11.2. The molecule has 1 aromatic heterocycles. The minimum absolute atomic E-state index is 0.209. The van der Waals surface area contributed by atoms with E-state index in [1.807, 2.05) is 11.5 Å². The Morgan fingerprint density at radius 3 is 2.53 bits per heavy atom. The number of carbonyl (C=O) groups is 1. The Labute approximate surface area is 102 Å². The zero-order chi connectivity index (χ0) is 13.2. The third-order valence-corrected chi connectivity index (χ3v) is 3.19. The molecule has 0 fully saturated rings. The van der Waals surface area contributed by atoms with Crippen molar-refractivity contribution >= 4 is 11.8 Å². The van der Waals surface area contributed by atoms with Gasteiger partial charge in [-0.05, 0) is 18.8 Å². The van der Waals surface area contributed by atoms with E-state index in [-0.39, 0.29) is 5.69 Å². The molecule has 1 heterocycles. The molecule has 1 atom stereocenters. The van der Waals surface area contributed by atoms with E-state index in [1.54, 1.807) is 0 Å². The van der Waals surface area contributed by atoms with Crippen molar-refractivity contribution in [2.24, 2.45) is 11.8 Å². The Morgan fingerprint density at radius 2 is 2.06 bits per heavy atom. The molecule has 0 aliphatic rings. The van der Waals surface area contributed by atoms with E-state index in [1.165, 1.54) is 7.11 Å². The number of imidazole rings is 1. The number of ether oxygens (including phenoxy) is 1. The second-order valence-electron chi connectivity index (χ2n) is 4.72. The van der Waals surface area contributed by atoms with Gasteiger partial charge in [0, 0.05) is 6.54 Å². The molecule has 2 N–H and O–H groups in total. The molecule has 5 heteroatoms. The topological polar surface area (TPSA) is 70.1 Å². The van der Waals surface area contributed by atoms with Crippen molar-refractivity contribution in [2.45, 2.75) is 34.2 Å². The van der Waals surface area contributed by atoms with Crippen LogP contribution in [0.1, 0.15) is 37.1 Å². The van der Waals surface area contributed by atoms with Crippen LogP contribution in [0, 0.1) is 18.8 Å². The number of anilines is 1. The Bertz CT molecular complexity index is 410. The maximum Gasteiger partial charge on any atom is 0.360 e. The second-order valence-corrected chi connectivity index (χ2v) is 4.72. The van der Waals surface area contributed by atoms with Gasteiger partial charge in [0.05, 0.1) is 7.11 Å². The fourth-order valence-corrected chi connectivity index (χ4v) is 1.56. The summed E-state index contributed by atoms with van der Waals surface area (Å²) in [5.41, 5.74) is 6.14. The van der Waals surface area contributed by atoms with E-state index >= 15 is 0 Å². The number of aromatic nitrogens is 2. The summed E-state index contributed by atoms with van der Waals surface area (Å²) in [5, 5.41) is 0. The number of nitrogen functional groups attached to an aromatic ring is 1. The smallest absolute Gasteiger partial charge is 0.360 e. The highest BCUT2D eigenvalue weighted by Gasteiger charge is 2.20. The molecule has 5 nitrogen and oxygen atoms in total. The number of carbonyl (C=O) groups excluding carboxylic acids is 1. The van der Waals surface area contributed by atoms with Crippen molar-refractivity contribution < 1.29 is 9.53 Å². The lowest BCUT2D eigenvalue weighted by molar-refractivity contribution is 0.0595. The highest BCUT2D eigenvalue weighted by Crippen LogP contribution is 2.20. The van der Waals surface area contributed by atoms with Crippen LogP contribution in [0.3, 0.4) is 0 Å². The van der Waals surface area contributed by atoms with Crippen LogP contribution in [0.15, 0.2) is 0 Å². The maximum atomic E-state index is 11.4. The molecular weight excluding hydrogens is 218 g/mol. The lowest BCUT2D eigenvalue weighted by Gasteiger charge is -2.17. The van der Waals surface area contributed by atoms with Gasteiger partial charge >= 0.3 is 5.97 Å². The SMILES string of the molecule is COC(=O)c1nc(C)n(CC(C)C(C)C)c1N. The van der Waals surface area contributed by atoms with Gasteiger partial charge in [-0.3, -0.25) is 0 Å². The number of rotatable bonds is 4. The summed E-state index contributed by atoms with van der Waals surface area (Å²) in [6, 6.07) is 0. The molecule has 0 radical (unpaired) electrons. The van der Waals surface area contributed by atoms with Crippen LogP contribution < -0.4 is 5.73 Å². The van der Waals surface area contributed by atoms with E-state index in [4.69, 9.17) is 5.73 Å². The monoisotopic (exact) mass is 239 g/mol. The number of methoxy groups -OCH3 is 1. The Balaban J connectivity index is 3.01. The van der Waals surface area contributed by atoms with Crippen LogP contribution in [0.4, 0.5) is 5.82 Å². The normalized spacial score (nSPS) is 12.8. The van der Waals surface area contributed by atoms with Gasteiger partial charge in [-0.1, -0.05) is 20.8 Å². The number of nitrogens with two attached hydrogens (primary N) is 1. The molecule has 1 unspecified atom stereocenters. The average Bonchev–Trinajstić information content (AvgIpc) is 2.55. The molecule has 0 aliphatic carbocycles. The number of nitrogens with zero attached hydrogens (tertiary/aromatic N) is 2. The first-order chi connectivity index (χ1) is 7.88. The fraction of sp³-hybridized carbons (Fsp3) is 0.667. The molecule has 17 heavy (non-hydrogen) atoms. The molecule has 0 spiro atoms. The summed E-state index contributed by atoms with van der Waals surface area (Å²) in [4.78, 5) is 15.6. The van der Waals surface area contributed by atoms with Gasteiger partial charge in [0.1, 0.15) is 11.6 Å². The molecule has 0 aliphatic heterocycles. The van der Waals surface area contributed by atoms with Gasteiger partial charge < -0.3 is 15.0 Å². The lowest BCUT2D eigenvalue weighted by atomic mass is 9.98. The molecule has 1 rings (SSSR count). The van der Waals surface area contributed by atoms with Gasteiger partial charge in [-0.15, -0.1) is 0 Å². The highest BCUT2D eigenvalue weighted by molar-refractivity contribution is 5.92. The predicted molar refractivity (Wildman–Crippen MR) is 66.7 cm³/mol. The molecule has 0 amide bonds. The lowest BCUT2D eigenvalue weighted by Crippen LogP contribution is -2.16. The summed E-state index contributed by atoms with van der Waals surface area (Å²) in [7, 11) is 1.33. The van der Waals surface area contributed by atoms with Gasteiger partial charge in [0.2, 0.25) is 0 Å². The number of esters is 1. The second kappa shape index (κ2) is 5.21. The van der Waals surface area contributed by atoms with Gasteiger partial charge in [0.15, 0.2) is 5.69 Å². The van der Waals surface area contributed by atoms with Crippen molar-refractivity contribution in [2.75, 3.05) is 12.8 Å². The first-order valence-corrected chi connectivity index (χ1v) is 5.79. The van der Waals surface area contributed by atoms with Crippen LogP contribution in [0.2, 0.25) is 0 Å². The van der Waals surface area contributed by atoms with Crippen molar-refractivity contribution in [1.29, 1.82) is 0 Å². The summed E-state index contributed by atoms with van der Waals surface area (Å²) in [6.45, 7) is 9.08. The molecular formula is C12H21N3O2. The van der Waals surface area contributed by atoms with E-state index < -0.39 is 5.97 Å². The minimum atomic E-state index is -0.485. The van der Waals surface area contributed by atoms with E-state index in [9.17, 15) is 4.79 Å². The summed E-state index contributed by atoms with van der Waals surface area (Å²) < 4.78 is 6.52. The van der Waals surface area contributed by atoms with Crippen LogP contribution in [0.25, 0.3) is 0 Å². The Kier molecular flexibility index (Phi) is 4.15. The molecule has 0 bridgehead atoms. The fourth-order valence-electron chi connectivity index (χ4n) is 1.56. The number of hydrogen-bond acceptors (Lipinski definition) is 4.